The van der Waals surface area contributed by atoms with Crippen LogP contribution in [-0.4, -0.2) is 5.60 Å². The van der Waals surface area contributed by atoms with Gasteiger partial charge in [0.2, 0.25) is 0 Å². The molecule has 2 unspecified atom stereocenters. The Kier molecular flexibility index (Phi) is 6.29. The lowest BCUT2D eigenvalue weighted by Gasteiger charge is -2.34. The number of nitrogens with zero attached hydrogens (tertiary/aromatic N) is 2. The van der Waals surface area contributed by atoms with Crippen LogP contribution >= 0.6 is 0 Å². The molecule has 2 heterocycles. The van der Waals surface area contributed by atoms with Crippen molar-refractivity contribution in [2.24, 2.45) is 0 Å². The molecule has 0 saturated heterocycles. The summed E-state index contributed by atoms with van der Waals surface area (Å²) in [6.07, 6.45) is 6.78. The van der Waals surface area contributed by atoms with E-state index >= 15 is 0 Å². The van der Waals surface area contributed by atoms with E-state index in [-0.39, 0.29) is 5.92 Å². The van der Waals surface area contributed by atoms with Crippen molar-refractivity contribution in [2.75, 3.05) is 9.80 Å². The molecular formula is C43H32N2O2. The minimum Gasteiger partial charge on any atom is -0.482 e. The van der Waals surface area contributed by atoms with E-state index in [9.17, 15) is 0 Å². The summed E-state index contributed by atoms with van der Waals surface area (Å²) in [5.41, 5.74) is 8.84. The monoisotopic (exact) mass is 608 g/mol. The number of benzene rings is 6. The van der Waals surface area contributed by atoms with Crippen molar-refractivity contribution in [1.29, 1.82) is 0 Å². The molecule has 0 amide bonds. The van der Waals surface area contributed by atoms with Crippen LogP contribution in [0.4, 0.5) is 28.4 Å². The largest absolute Gasteiger partial charge is 0.482 e. The van der Waals surface area contributed by atoms with Gasteiger partial charge in [0.15, 0.2) is 0 Å². The summed E-state index contributed by atoms with van der Waals surface area (Å²) in [5.74, 6) is 0.967. The Balaban J connectivity index is 1.10. The number of allylic oxidation sites excluding steroid dienone is 1. The fourth-order valence-corrected chi connectivity index (χ4v) is 7.18. The third-order valence-corrected chi connectivity index (χ3v) is 9.34. The number of fused-ring (bicyclic) bond motifs is 6. The first kappa shape index (κ1) is 27.3. The Bertz CT molecular complexity index is 2210. The van der Waals surface area contributed by atoms with E-state index in [1.165, 1.54) is 0 Å². The SMILES string of the molecule is CC12C=C(N(c3ccccc3)c3ccccc3)C=CC1c1cc3oc4cc(N(c5ccccc5)c5ccccc5)ccc4c3cc1O2. The molecule has 47 heavy (non-hydrogen) atoms. The van der Waals surface area contributed by atoms with Gasteiger partial charge in [-0.15, -0.1) is 0 Å². The summed E-state index contributed by atoms with van der Waals surface area (Å²) < 4.78 is 13.4. The van der Waals surface area contributed by atoms with Gasteiger partial charge in [0.25, 0.3) is 0 Å². The van der Waals surface area contributed by atoms with Crippen LogP contribution < -0.4 is 14.5 Å². The van der Waals surface area contributed by atoms with Crippen molar-refractivity contribution in [3.63, 3.8) is 0 Å². The zero-order chi connectivity index (χ0) is 31.4. The Morgan fingerprint density at radius 2 is 1.06 bits per heavy atom. The number of rotatable bonds is 6. The molecule has 0 fully saturated rings. The maximum Gasteiger partial charge on any atom is 0.137 e. The smallest absolute Gasteiger partial charge is 0.137 e. The van der Waals surface area contributed by atoms with Gasteiger partial charge in [-0.3, -0.25) is 0 Å². The van der Waals surface area contributed by atoms with Crippen LogP contribution in [0.25, 0.3) is 21.9 Å². The fourth-order valence-electron chi connectivity index (χ4n) is 7.18. The first-order chi connectivity index (χ1) is 23.1. The van der Waals surface area contributed by atoms with E-state index in [2.05, 4.69) is 174 Å². The van der Waals surface area contributed by atoms with E-state index < -0.39 is 5.60 Å². The molecule has 2 aliphatic rings. The van der Waals surface area contributed by atoms with E-state index in [0.717, 1.165) is 67.4 Å². The van der Waals surface area contributed by atoms with E-state index in [0.29, 0.717) is 0 Å². The van der Waals surface area contributed by atoms with Crippen LogP contribution in [-0.2, 0) is 0 Å². The first-order valence-electron chi connectivity index (χ1n) is 16.1. The Morgan fingerprint density at radius 3 is 1.64 bits per heavy atom. The lowest BCUT2D eigenvalue weighted by Crippen LogP contribution is -2.35. The van der Waals surface area contributed by atoms with Crippen LogP contribution in [0.3, 0.4) is 0 Å². The fraction of sp³-hybridized carbons (Fsp3) is 0.0698. The maximum absolute atomic E-state index is 6.85. The summed E-state index contributed by atoms with van der Waals surface area (Å²) in [5, 5.41) is 2.13. The van der Waals surface area contributed by atoms with Gasteiger partial charge in [-0.25, -0.2) is 0 Å². The predicted octanol–water partition coefficient (Wildman–Crippen LogP) is 11.6. The van der Waals surface area contributed by atoms with Crippen molar-refractivity contribution in [2.45, 2.75) is 18.4 Å². The highest BCUT2D eigenvalue weighted by Gasteiger charge is 2.45. The zero-order valence-electron chi connectivity index (χ0n) is 26.0. The molecule has 4 heteroatoms. The van der Waals surface area contributed by atoms with Crippen LogP contribution in [0.1, 0.15) is 18.4 Å². The number of para-hydroxylation sites is 4. The molecule has 0 radical (unpaired) electrons. The number of hydrogen-bond acceptors (Lipinski definition) is 4. The average molecular weight is 609 g/mol. The zero-order valence-corrected chi connectivity index (χ0v) is 26.0. The van der Waals surface area contributed by atoms with Gasteiger partial charge in [-0.1, -0.05) is 78.9 Å². The summed E-state index contributed by atoms with van der Waals surface area (Å²) in [7, 11) is 0. The van der Waals surface area contributed by atoms with Gasteiger partial charge >= 0.3 is 0 Å². The molecule has 2 atom stereocenters. The minimum absolute atomic E-state index is 0.0643. The van der Waals surface area contributed by atoms with Crippen molar-refractivity contribution in [3.8, 4) is 5.75 Å². The molecule has 6 aromatic carbocycles. The molecule has 226 valence electrons. The second-order valence-electron chi connectivity index (χ2n) is 12.4. The highest BCUT2D eigenvalue weighted by Crippen LogP contribution is 2.52. The minimum atomic E-state index is -0.540. The van der Waals surface area contributed by atoms with Crippen molar-refractivity contribution in [1.82, 2.24) is 0 Å². The van der Waals surface area contributed by atoms with Crippen molar-refractivity contribution in [3.05, 3.63) is 181 Å². The van der Waals surface area contributed by atoms with Gasteiger partial charge in [0.1, 0.15) is 22.5 Å². The molecule has 1 aromatic heterocycles. The summed E-state index contributed by atoms with van der Waals surface area (Å²) >= 11 is 0. The number of ether oxygens (including phenoxy) is 1. The third-order valence-electron chi connectivity index (χ3n) is 9.34. The highest BCUT2D eigenvalue weighted by atomic mass is 16.5. The molecule has 7 aromatic rings. The molecule has 0 bridgehead atoms. The molecule has 4 nitrogen and oxygen atoms in total. The molecule has 1 aliphatic carbocycles. The van der Waals surface area contributed by atoms with Crippen LogP contribution in [0.5, 0.6) is 5.75 Å². The number of anilines is 5. The molecule has 0 spiro atoms. The molecule has 9 rings (SSSR count). The molecule has 1 aliphatic heterocycles. The van der Waals surface area contributed by atoms with E-state index in [4.69, 9.17) is 9.15 Å². The van der Waals surface area contributed by atoms with Gasteiger partial charge in [-0.2, -0.15) is 0 Å². The second-order valence-corrected chi connectivity index (χ2v) is 12.4. The normalized spacial score (nSPS) is 18.0. The number of hydrogen-bond donors (Lipinski definition) is 0. The Morgan fingerprint density at radius 1 is 0.532 bits per heavy atom. The van der Waals surface area contributed by atoms with Crippen LogP contribution in [0.2, 0.25) is 0 Å². The highest BCUT2D eigenvalue weighted by molar-refractivity contribution is 6.07. The van der Waals surface area contributed by atoms with Crippen molar-refractivity contribution < 1.29 is 9.15 Å². The standard InChI is InChI=1S/C43H32N2O2/c1-43-29-35(45(32-18-10-4-11-19-32)33-20-12-5-13-21-33)23-25-39(43)38-28-41-37(27-42(38)47-43)36-24-22-34(26-40(36)46-41)44(30-14-6-2-7-15-30)31-16-8-3-9-17-31/h2-29,39H,1H3. The predicted molar refractivity (Wildman–Crippen MR) is 192 cm³/mol. The Labute approximate surface area is 274 Å². The Hall–Kier alpha value is -6.00. The van der Waals surface area contributed by atoms with Gasteiger partial charge in [0, 0.05) is 62.5 Å². The van der Waals surface area contributed by atoms with E-state index in [1.54, 1.807) is 0 Å². The topological polar surface area (TPSA) is 28.9 Å². The lowest BCUT2D eigenvalue weighted by molar-refractivity contribution is 0.154. The maximum atomic E-state index is 6.85. The van der Waals surface area contributed by atoms with Gasteiger partial charge in [0.05, 0.1) is 0 Å². The summed E-state index contributed by atoms with van der Waals surface area (Å²) in [4.78, 5) is 4.54. The third kappa shape index (κ3) is 4.60. The van der Waals surface area contributed by atoms with E-state index in [1.807, 2.05) is 12.1 Å². The number of furan rings is 1. The van der Waals surface area contributed by atoms with Crippen molar-refractivity contribution >= 4 is 50.4 Å². The average Bonchev–Trinajstić information content (AvgIpc) is 3.61. The van der Waals surface area contributed by atoms with Gasteiger partial charge < -0.3 is 19.0 Å². The van der Waals surface area contributed by atoms with Crippen LogP contribution in [0, 0.1) is 0 Å². The summed E-state index contributed by atoms with van der Waals surface area (Å²) in [6.45, 7) is 2.18. The lowest BCUT2D eigenvalue weighted by atomic mass is 9.81. The molecular weight excluding hydrogens is 576 g/mol. The second kappa shape index (κ2) is 10.8. The molecule has 0 saturated carbocycles. The summed E-state index contributed by atoms with van der Waals surface area (Å²) in [6, 6.07) is 52.7. The van der Waals surface area contributed by atoms with Gasteiger partial charge in [-0.05, 0) is 91.9 Å². The first-order valence-corrected chi connectivity index (χ1v) is 16.1. The molecule has 0 N–H and O–H groups in total. The quantitative estimate of drug-likeness (QED) is 0.188. The van der Waals surface area contributed by atoms with Crippen LogP contribution in [0.15, 0.2) is 180 Å².